The normalized spacial score (nSPS) is 18.1. The highest BCUT2D eigenvalue weighted by Crippen LogP contribution is 2.30. The van der Waals surface area contributed by atoms with Gasteiger partial charge < -0.3 is 10.2 Å². The maximum Gasteiger partial charge on any atom is 0.0401 e. The Morgan fingerprint density at radius 2 is 2.00 bits per heavy atom. The average molecular weight is 288 g/mol. The summed E-state index contributed by atoms with van der Waals surface area (Å²) in [5.41, 5.74) is 3.02. The summed E-state index contributed by atoms with van der Waals surface area (Å²) in [4.78, 5) is 2.63. The molecule has 1 aliphatic rings. The summed E-state index contributed by atoms with van der Waals surface area (Å²) in [5.74, 6) is 0.760. The predicted molar refractivity (Wildman–Crippen MR) is 93.1 cm³/mol. The first-order valence-electron chi connectivity index (χ1n) is 8.73. The number of nitrogens with one attached hydrogen (secondary N) is 1. The van der Waals surface area contributed by atoms with Gasteiger partial charge >= 0.3 is 0 Å². The van der Waals surface area contributed by atoms with Crippen molar-refractivity contribution in [2.24, 2.45) is 5.92 Å². The molecule has 0 amide bonds. The first kappa shape index (κ1) is 16.4. The molecule has 2 rings (SSSR count). The molecule has 0 radical (unpaired) electrons. The van der Waals surface area contributed by atoms with Crippen LogP contribution < -0.4 is 10.2 Å². The van der Waals surface area contributed by atoms with E-state index in [1.165, 1.54) is 56.4 Å². The van der Waals surface area contributed by atoms with Crippen LogP contribution in [0, 0.1) is 5.92 Å². The van der Waals surface area contributed by atoms with Crippen molar-refractivity contribution in [3.8, 4) is 0 Å². The van der Waals surface area contributed by atoms with Gasteiger partial charge in [-0.1, -0.05) is 38.5 Å². The lowest BCUT2D eigenvalue weighted by Crippen LogP contribution is -2.38. The number of anilines is 1. The zero-order valence-corrected chi connectivity index (χ0v) is 14.1. The van der Waals surface area contributed by atoms with Gasteiger partial charge in [0.05, 0.1) is 0 Å². The van der Waals surface area contributed by atoms with Gasteiger partial charge in [0, 0.05) is 18.3 Å². The molecule has 1 N–H and O–H groups in total. The number of para-hydroxylation sites is 1. The van der Waals surface area contributed by atoms with Gasteiger partial charge in [-0.25, -0.2) is 0 Å². The third kappa shape index (κ3) is 5.03. The molecule has 2 heteroatoms. The van der Waals surface area contributed by atoms with E-state index in [0.29, 0.717) is 6.04 Å². The van der Waals surface area contributed by atoms with E-state index in [1.807, 2.05) is 0 Å². The minimum atomic E-state index is 0.693. The lowest BCUT2D eigenvalue weighted by Gasteiger charge is -2.37. The molecule has 2 nitrogen and oxygen atoms in total. The van der Waals surface area contributed by atoms with Gasteiger partial charge in [0.1, 0.15) is 0 Å². The molecule has 0 fully saturated rings. The Morgan fingerprint density at radius 3 is 2.81 bits per heavy atom. The second-order valence-corrected chi connectivity index (χ2v) is 6.87. The number of aryl methyl sites for hydroxylation is 1. The van der Waals surface area contributed by atoms with Crippen molar-refractivity contribution in [1.29, 1.82) is 0 Å². The zero-order chi connectivity index (χ0) is 15.1. The van der Waals surface area contributed by atoms with Crippen molar-refractivity contribution in [1.82, 2.24) is 5.32 Å². The fourth-order valence-electron chi connectivity index (χ4n) is 3.20. The van der Waals surface area contributed by atoms with Crippen LogP contribution in [0.25, 0.3) is 0 Å². The number of nitrogens with zero attached hydrogens (tertiary/aromatic N) is 1. The van der Waals surface area contributed by atoms with Crippen LogP contribution in [0.5, 0.6) is 0 Å². The van der Waals surface area contributed by atoms with Gasteiger partial charge in [0.2, 0.25) is 0 Å². The third-order valence-corrected chi connectivity index (χ3v) is 4.47. The van der Waals surface area contributed by atoms with Crippen molar-refractivity contribution in [3.05, 3.63) is 29.8 Å². The molecular formula is C19H32N2. The zero-order valence-electron chi connectivity index (χ0n) is 14.1. The Balaban J connectivity index is 1.71. The number of unbranched alkanes of at least 4 members (excludes halogenated alkanes) is 2. The molecule has 1 aromatic carbocycles. The van der Waals surface area contributed by atoms with E-state index in [-0.39, 0.29) is 0 Å². The minimum absolute atomic E-state index is 0.693. The van der Waals surface area contributed by atoms with Crippen LogP contribution in [0.3, 0.4) is 0 Å². The molecule has 1 aromatic rings. The predicted octanol–water partition coefficient (Wildman–Crippen LogP) is 4.24. The molecular weight excluding hydrogens is 256 g/mol. The lowest BCUT2D eigenvalue weighted by molar-refractivity contribution is 0.514. The van der Waals surface area contributed by atoms with E-state index in [1.54, 1.807) is 0 Å². The van der Waals surface area contributed by atoms with Crippen LogP contribution in [-0.4, -0.2) is 25.7 Å². The molecule has 0 aliphatic carbocycles. The largest absolute Gasteiger partial charge is 0.369 e. The first-order valence-corrected chi connectivity index (χ1v) is 8.73. The Hall–Kier alpha value is -1.02. The highest BCUT2D eigenvalue weighted by molar-refractivity contribution is 5.56. The SMILES string of the molecule is CC(C)CNCCCCCN1c2ccccc2CCC1C. The van der Waals surface area contributed by atoms with E-state index in [0.717, 1.165) is 12.5 Å². The smallest absolute Gasteiger partial charge is 0.0401 e. The maximum atomic E-state index is 3.53. The van der Waals surface area contributed by atoms with Crippen molar-refractivity contribution < 1.29 is 0 Å². The Bertz CT molecular complexity index is 414. The average Bonchev–Trinajstić information content (AvgIpc) is 2.48. The number of hydrogen-bond acceptors (Lipinski definition) is 2. The highest BCUT2D eigenvalue weighted by Gasteiger charge is 2.21. The summed E-state index contributed by atoms with van der Waals surface area (Å²) < 4.78 is 0. The van der Waals surface area contributed by atoms with Crippen molar-refractivity contribution in [2.75, 3.05) is 24.5 Å². The summed E-state index contributed by atoms with van der Waals surface area (Å²) >= 11 is 0. The van der Waals surface area contributed by atoms with Crippen LogP contribution in [0.1, 0.15) is 52.0 Å². The highest BCUT2D eigenvalue weighted by atomic mass is 15.2. The summed E-state index contributed by atoms with van der Waals surface area (Å²) in [5, 5.41) is 3.53. The molecule has 0 bridgehead atoms. The molecule has 0 spiro atoms. The van der Waals surface area contributed by atoms with Crippen LogP contribution in [0.2, 0.25) is 0 Å². The Kier molecular flexibility index (Phi) is 6.56. The Labute approximate surface area is 130 Å². The quantitative estimate of drug-likeness (QED) is 0.720. The number of fused-ring (bicyclic) bond motifs is 1. The van der Waals surface area contributed by atoms with Gasteiger partial charge in [-0.05, 0) is 63.2 Å². The summed E-state index contributed by atoms with van der Waals surface area (Å²) in [6.45, 7) is 10.4. The number of rotatable bonds is 8. The fourth-order valence-corrected chi connectivity index (χ4v) is 3.20. The van der Waals surface area contributed by atoms with Crippen molar-refractivity contribution >= 4 is 5.69 Å². The summed E-state index contributed by atoms with van der Waals surface area (Å²) in [7, 11) is 0. The van der Waals surface area contributed by atoms with Gasteiger partial charge in [0.15, 0.2) is 0 Å². The molecule has 118 valence electrons. The van der Waals surface area contributed by atoms with Crippen LogP contribution in [-0.2, 0) is 6.42 Å². The van der Waals surface area contributed by atoms with Gasteiger partial charge in [0.25, 0.3) is 0 Å². The molecule has 1 aliphatic heterocycles. The number of hydrogen-bond donors (Lipinski definition) is 1. The molecule has 0 saturated carbocycles. The molecule has 0 aromatic heterocycles. The monoisotopic (exact) mass is 288 g/mol. The standard InChI is InChI=1S/C19H32N2/c1-16(2)15-20-13-7-4-8-14-21-17(3)11-12-18-9-5-6-10-19(18)21/h5-6,9-10,16-17,20H,4,7-8,11-15H2,1-3H3. The van der Waals surface area contributed by atoms with Crippen LogP contribution >= 0.6 is 0 Å². The van der Waals surface area contributed by atoms with E-state index in [9.17, 15) is 0 Å². The maximum absolute atomic E-state index is 3.53. The third-order valence-electron chi connectivity index (χ3n) is 4.47. The van der Waals surface area contributed by atoms with Crippen molar-refractivity contribution in [2.45, 2.75) is 58.9 Å². The van der Waals surface area contributed by atoms with E-state index in [2.05, 4.69) is 55.3 Å². The van der Waals surface area contributed by atoms with Gasteiger partial charge in [-0.3, -0.25) is 0 Å². The van der Waals surface area contributed by atoms with Crippen LogP contribution in [0.15, 0.2) is 24.3 Å². The number of benzene rings is 1. The fraction of sp³-hybridized carbons (Fsp3) is 0.684. The van der Waals surface area contributed by atoms with Crippen LogP contribution in [0.4, 0.5) is 5.69 Å². The Morgan fingerprint density at radius 1 is 1.19 bits per heavy atom. The first-order chi connectivity index (χ1) is 10.2. The molecule has 21 heavy (non-hydrogen) atoms. The summed E-state index contributed by atoms with van der Waals surface area (Å²) in [6.07, 6.45) is 6.48. The topological polar surface area (TPSA) is 15.3 Å². The van der Waals surface area contributed by atoms with E-state index < -0.39 is 0 Å². The second-order valence-electron chi connectivity index (χ2n) is 6.87. The molecule has 1 heterocycles. The minimum Gasteiger partial charge on any atom is -0.369 e. The van der Waals surface area contributed by atoms with Gasteiger partial charge in [-0.2, -0.15) is 0 Å². The van der Waals surface area contributed by atoms with Gasteiger partial charge in [-0.15, -0.1) is 0 Å². The van der Waals surface area contributed by atoms with E-state index >= 15 is 0 Å². The van der Waals surface area contributed by atoms with Crippen molar-refractivity contribution in [3.63, 3.8) is 0 Å². The van der Waals surface area contributed by atoms with E-state index in [4.69, 9.17) is 0 Å². The molecule has 0 saturated heterocycles. The molecule has 1 atom stereocenters. The molecule has 1 unspecified atom stereocenters. The lowest BCUT2D eigenvalue weighted by atomic mass is 9.96. The second kappa shape index (κ2) is 8.43. The summed E-state index contributed by atoms with van der Waals surface area (Å²) in [6, 6.07) is 9.64.